The molecule has 0 aromatic heterocycles. The summed E-state index contributed by atoms with van der Waals surface area (Å²) in [5, 5.41) is 0. The van der Waals surface area contributed by atoms with Gasteiger partial charge in [-0.05, 0) is 19.3 Å². The molecule has 2 saturated heterocycles. The average Bonchev–Trinajstić information content (AvgIpc) is 2.37. The molecule has 2 heterocycles. The Morgan fingerprint density at radius 1 is 1.60 bits per heavy atom. The van der Waals surface area contributed by atoms with Gasteiger partial charge in [-0.25, -0.2) is 0 Å². The second-order valence-corrected chi connectivity index (χ2v) is 4.86. The monoisotopic (exact) mass is 212 g/mol. The molecular formula is C11H16O4. The number of Topliss-reactive ketones (excluding diaryl/α,β-unsaturated/α-hetero) is 1. The molecule has 15 heavy (non-hydrogen) atoms. The summed E-state index contributed by atoms with van der Waals surface area (Å²) >= 11 is 0. The Kier molecular flexibility index (Phi) is 2.34. The van der Waals surface area contributed by atoms with Crippen LogP contribution in [-0.4, -0.2) is 30.6 Å². The van der Waals surface area contributed by atoms with Crippen molar-refractivity contribution in [3.63, 3.8) is 0 Å². The van der Waals surface area contributed by atoms with Crippen LogP contribution in [0.15, 0.2) is 0 Å². The van der Waals surface area contributed by atoms with Crippen molar-refractivity contribution in [2.75, 3.05) is 7.11 Å². The highest BCUT2D eigenvalue weighted by Crippen LogP contribution is 2.45. The van der Waals surface area contributed by atoms with Crippen molar-refractivity contribution in [2.24, 2.45) is 11.8 Å². The van der Waals surface area contributed by atoms with E-state index in [-0.39, 0.29) is 23.4 Å². The molecule has 0 N–H and O–H groups in total. The summed E-state index contributed by atoms with van der Waals surface area (Å²) in [6.45, 7) is 3.96. The predicted octanol–water partition coefficient (Wildman–Crippen LogP) is 0.932. The fourth-order valence-electron chi connectivity index (χ4n) is 2.85. The van der Waals surface area contributed by atoms with E-state index in [4.69, 9.17) is 4.74 Å². The lowest BCUT2D eigenvalue weighted by atomic mass is 9.89. The molecule has 4 nitrogen and oxygen atoms in total. The lowest BCUT2D eigenvalue weighted by Gasteiger charge is -2.33. The highest BCUT2D eigenvalue weighted by molar-refractivity contribution is 6.00. The van der Waals surface area contributed by atoms with E-state index in [2.05, 4.69) is 4.74 Å². The van der Waals surface area contributed by atoms with Crippen molar-refractivity contribution in [1.82, 2.24) is 0 Å². The van der Waals surface area contributed by atoms with Crippen molar-refractivity contribution in [2.45, 2.75) is 38.4 Å². The van der Waals surface area contributed by atoms with Crippen LogP contribution in [0.5, 0.6) is 0 Å². The highest BCUT2D eigenvalue weighted by atomic mass is 16.5. The first-order chi connectivity index (χ1) is 6.97. The number of carbonyl (C=O) groups excluding carboxylic acids is 2. The zero-order valence-electron chi connectivity index (χ0n) is 9.28. The van der Waals surface area contributed by atoms with Crippen LogP contribution in [0.3, 0.4) is 0 Å². The molecule has 0 aliphatic carbocycles. The Bertz CT molecular complexity index is 312. The largest absolute Gasteiger partial charge is 0.468 e. The molecule has 0 unspecified atom stereocenters. The molecule has 0 spiro atoms. The summed E-state index contributed by atoms with van der Waals surface area (Å²) in [6, 6.07) is 0. The number of ketones is 1. The van der Waals surface area contributed by atoms with Gasteiger partial charge < -0.3 is 9.47 Å². The van der Waals surface area contributed by atoms with Gasteiger partial charge in [-0.1, -0.05) is 6.92 Å². The first-order valence-corrected chi connectivity index (χ1v) is 5.25. The Labute approximate surface area is 88.9 Å². The SMILES string of the molecule is COC(=O)[C@H]1C(=O)C[C@]2(C)C[C@@H](C)[C@H]1O2. The van der Waals surface area contributed by atoms with E-state index < -0.39 is 11.9 Å². The molecule has 2 aliphatic heterocycles. The molecule has 84 valence electrons. The summed E-state index contributed by atoms with van der Waals surface area (Å²) in [5.41, 5.74) is -0.355. The molecule has 0 amide bonds. The Morgan fingerprint density at radius 3 is 2.87 bits per heavy atom. The van der Waals surface area contributed by atoms with Crippen LogP contribution in [0.25, 0.3) is 0 Å². The molecule has 2 aliphatic rings. The molecule has 2 rings (SSSR count). The first kappa shape index (κ1) is 10.6. The number of hydrogen-bond acceptors (Lipinski definition) is 4. The van der Waals surface area contributed by atoms with E-state index in [9.17, 15) is 9.59 Å². The summed E-state index contributed by atoms with van der Waals surface area (Å²) in [5.74, 6) is -0.961. The fraction of sp³-hybridized carbons (Fsp3) is 0.818. The van der Waals surface area contributed by atoms with E-state index in [1.165, 1.54) is 7.11 Å². The van der Waals surface area contributed by atoms with Gasteiger partial charge >= 0.3 is 5.97 Å². The second kappa shape index (κ2) is 3.30. The average molecular weight is 212 g/mol. The minimum Gasteiger partial charge on any atom is -0.468 e. The number of esters is 1. The zero-order valence-corrected chi connectivity index (χ0v) is 9.28. The lowest BCUT2D eigenvalue weighted by molar-refractivity contribution is -0.168. The summed E-state index contributed by atoms with van der Waals surface area (Å²) in [7, 11) is 1.31. The topological polar surface area (TPSA) is 52.6 Å². The predicted molar refractivity (Wildman–Crippen MR) is 52.2 cm³/mol. The van der Waals surface area contributed by atoms with Crippen molar-refractivity contribution >= 4 is 11.8 Å². The van der Waals surface area contributed by atoms with Crippen LogP contribution in [-0.2, 0) is 19.1 Å². The van der Waals surface area contributed by atoms with Gasteiger partial charge in [0.25, 0.3) is 0 Å². The third-order valence-corrected chi connectivity index (χ3v) is 3.41. The maximum atomic E-state index is 11.8. The summed E-state index contributed by atoms with van der Waals surface area (Å²) in [6.07, 6.45) is 0.883. The minimum absolute atomic E-state index is 0.0371. The van der Waals surface area contributed by atoms with Crippen LogP contribution >= 0.6 is 0 Å². The number of carbonyl (C=O) groups is 2. The van der Waals surface area contributed by atoms with Gasteiger partial charge in [-0.3, -0.25) is 9.59 Å². The van der Waals surface area contributed by atoms with Crippen LogP contribution in [0.2, 0.25) is 0 Å². The maximum Gasteiger partial charge on any atom is 0.318 e. The molecular weight excluding hydrogens is 196 g/mol. The van der Waals surface area contributed by atoms with Crippen molar-refractivity contribution in [3.05, 3.63) is 0 Å². The number of methoxy groups -OCH3 is 1. The van der Waals surface area contributed by atoms with Gasteiger partial charge in [0.1, 0.15) is 5.92 Å². The number of hydrogen-bond donors (Lipinski definition) is 0. The Morgan fingerprint density at radius 2 is 2.27 bits per heavy atom. The maximum absolute atomic E-state index is 11.8. The molecule has 0 aromatic rings. The molecule has 0 aromatic carbocycles. The number of rotatable bonds is 1. The second-order valence-electron chi connectivity index (χ2n) is 4.86. The van der Waals surface area contributed by atoms with E-state index >= 15 is 0 Å². The van der Waals surface area contributed by atoms with Crippen LogP contribution in [0.4, 0.5) is 0 Å². The third kappa shape index (κ3) is 1.57. The van der Waals surface area contributed by atoms with Gasteiger partial charge in [0, 0.05) is 6.42 Å². The van der Waals surface area contributed by atoms with Crippen molar-refractivity contribution < 1.29 is 19.1 Å². The quantitative estimate of drug-likeness (QED) is 0.479. The zero-order chi connectivity index (χ0) is 11.2. The third-order valence-electron chi connectivity index (χ3n) is 3.41. The van der Waals surface area contributed by atoms with Gasteiger partial charge in [0.15, 0.2) is 5.78 Å². The van der Waals surface area contributed by atoms with Crippen molar-refractivity contribution in [1.29, 1.82) is 0 Å². The smallest absolute Gasteiger partial charge is 0.318 e. The first-order valence-electron chi connectivity index (χ1n) is 5.25. The summed E-state index contributed by atoms with van der Waals surface area (Å²) < 4.78 is 10.4. The van der Waals surface area contributed by atoms with Crippen LogP contribution in [0, 0.1) is 11.8 Å². The van der Waals surface area contributed by atoms with Gasteiger partial charge in [-0.2, -0.15) is 0 Å². The van der Waals surface area contributed by atoms with Gasteiger partial charge in [0.05, 0.1) is 18.8 Å². The van der Waals surface area contributed by atoms with E-state index in [0.29, 0.717) is 6.42 Å². The van der Waals surface area contributed by atoms with Gasteiger partial charge in [-0.15, -0.1) is 0 Å². The fourth-order valence-corrected chi connectivity index (χ4v) is 2.85. The molecule has 2 fully saturated rings. The standard InChI is InChI=1S/C11H16O4/c1-6-4-11(2)5-7(12)8(9(6)15-11)10(13)14-3/h6,8-9H,4-5H2,1-3H3/t6-,8+,9-,11+/m1/s1. The van der Waals surface area contributed by atoms with Gasteiger partial charge in [0.2, 0.25) is 0 Å². The molecule has 0 saturated carbocycles. The minimum atomic E-state index is -0.708. The van der Waals surface area contributed by atoms with Crippen LogP contribution < -0.4 is 0 Å². The molecule has 2 bridgehead atoms. The number of fused-ring (bicyclic) bond motifs is 2. The lowest BCUT2D eigenvalue weighted by Crippen LogP contribution is -2.46. The molecule has 4 heteroatoms. The van der Waals surface area contributed by atoms with E-state index in [1.807, 2.05) is 13.8 Å². The Balaban J connectivity index is 2.27. The Hall–Kier alpha value is -0.900. The van der Waals surface area contributed by atoms with E-state index in [0.717, 1.165) is 6.42 Å². The highest BCUT2D eigenvalue weighted by Gasteiger charge is 2.55. The molecule has 4 atom stereocenters. The van der Waals surface area contributed by atoms with Crippen LogP contribution in [0.1, 0.15) is 26.7 Å². The number of ether oxygens (including phenoxy) is 2. The van der Waals surface area contributed by atoms with E-state index in [1.54, 1.807) is 0 Å². The van der Waals surface area contributed by atoms with Crippen molar-refractivity contribution in [3.8, 4) is 0 Å². The molecule has 0 radical (unpaired) electrons. The summed E-state index contributed by atoms with van der Waals surface area (Å²) in [4.78, 5) is 23.3. The normalized spacial score (nSPS) is 44.2.